The van der Waals surface area contributed by atoms with Crippen molar-refractivity contribution in [3.05, 3.63) is 35.9 Å². The number of hydrogen-bond acceptors (Lipinski definition) is 1. The normalized spacial score (nSPS) is 20.6. The third kappa shape index (κ3) is 2.45. The van der Waals surface area contributed by atoms with E-state index in [0.29, 0.717) is 23.2 Å². The number of nitrogens with two attached hydrogens (primary N) is 1. The monoisotopic (exact) mass is 255 g/mol. The molecule has 1 aromatic rings. The van der Waals surface area contributed by atoms with Gasteiger partial charge in [0.1, 0.15) is 0 Å². The maximum absolute atomic E-state index is 5.89. The molecule has 102 valence electrons. The molecular weight excluding hydrogens is 229 g/mol. The third-order valence-electron chi connectivity index (χ3n) is 5.42. The fourth-order valence-corrected chi connectivity index (χ4v) is 3.33. The van der Waals surface area contributed by atoms with Gasteiger partial charge in [-0.3, -0.25) is 0 Å². The maximum Gasteiger partial charge on any atom is 0.177 e. The van der Waals surface area contributed by atoms with Crippen LogP contribution >= 0.6 is 0 Å². The summed E-state index contributed by atoms with van der Waals surface area (Å²) < 4.78 is 0. The minimum absolute atomic E-state index is 0.391. The molecule has 0 atom stereocenters. The molecule has 1 nitrogen and oxygen atoms in total. The molecule has 0 aliphatic carbocycles. The van der Waals surface area contributed by atoms with Gasteiger partial charge >= 0.3 is 0 Å². The first-order chi connectivity index (χ1) is 8.64. The van der Waals surface area contributed by atoms with E-state index in [0.717, 1.165) is 5.56 Å². The van der Waals surface area contributed by atoms with E-state index in [1.54, 1.807) is 0 Å². The molecule has 0 aromatic heterocycles. The Kier molecular flexibility index (Phi) is 3.32. The van der Waals surface area contributed by atoms with Gasteiger partial charge in [-0.05, 0) is 28.9 Å². The molecule has 1 heterocycles. The Hall–Kier alpha value is -1.18. The number of hydrogen-bond donors (Lipinski definition) is 1. The van der Waals surface area contributed by atoms with Gasteiger partial charge in [-0.15, -0.1) is 0 Å². The van der Waals surface area contributed by atoms with Gasteiger partial charge in [-0.1, -0.05) is 70.6 Å². The summed E-state index contributed by atoms with van der Waals surface area (Å²) in [5.41, 5.74) is 11.1. The van der Waals surface area contributed by atoms with Crippen LogP contribution in [0.15, 0.2) is 24.8 Å². The van der Waals surface area contributed by atoms with Crippen LogP contribution in [0.4, 0.5) is 0 Å². The molecule has 0 saturated carbocycles. The van der Waals surface area contributed by atoms with Gasteiger partial charge in [0.15, 0.2) is 6.71 Å². The summed E-state index contributed by atoms with van der Waals surface area (Å²) in [5, 5.41) is 0. The minimum Gasteiger partial charge on any atom is -0.399 e. The predicted molar refractivity (Wildman–Crippen MR) is 87.0 cm³/mol. The first-order valence-electron chi connectivity index (χ1n) is 7.19. The van der Waals surface area contributed by atoms with Crippen molar-refractivity contribution in [3.63, 3.8) is 0 Å². The highest BCUT2D eigenvalue weighted by Gasteiger charge is 2.48. The van der Waals surface area contributed by atoms with E-state index in [9.17, 15) is 0 Å². The molecule has 0 spiro atoms. The lowest BCUT2D eigenvalue weighted by molar-refractivity contribution is 0.177. The molecule has 1 fully saturated rings. The Morgan fingerprint density at radius 3 is 2.16 bits per heavy atom. The fourth-order valence-electron chi connectivity index (χ4n) is 3.33. The Balaban J connectivity index is 2.35. The highest BCUT2D eigenvalue weighted by atomic mass is 14.6. The average molecular weight is 255 g/mol. The van der Waals surface area contributed by atoms with E-state index < -0.39 is 0 Å². The molecular formula is C17H26BN. The maximum atomic E-state index is 5.89. The molecule has 1 aromatic carbocycles. The summed E-state index contributed by atoms with van der Waals surface area (Å²) in [6.45, 7) is 16.2. The van der Waals surface area contributed by atoms with Gasteiger partial charge in [0, 0.05) is 5.70 Å². The van der Waals surface area contributed by atoms with Crippen molar-refractivity contribution in [3.8, 4) is 0 Å². The zero-order valence-electron chi connectivity index (χ0n) is 13.0. The van der Waals surface area contributed by atoms with Crippen LogP contribution in [0.2, 0.25) is 12.6 Å². The van der Waals surface area contributed by atoms with Crippen LogP contribution < -0.4 is 11.2 Å². The van der Waals surface area contributed by atoms with Crippen LogP contribution in [0.5, 0.6) is 0 Å². The van der Waals surface area contributed by atoms with Crippen molar-refractivity contribution in [2.24, 2.45) is 16.6 Å². The fraction of sp³-hybridized carbons (Fsp3) is 0.529. The van der Waals surface area contributed by atoms with Crippen LogP contribution in [-0.4, -0.2) is 6.71 Å². The molecule has 0 bridgehead atoms. The van der Waals surface area contributed by atoms with Crippen molar-refractivity contribution >= 4 is 17.9 Å². The molecule has 2 N–H and O–H groups in total. The lowest BCUT2D eigenvalue weighted by atomic mass is 9.42. The molecule has 0 amide bonds. The third-order valence-corrected chi connectivity index (χ3v) is 5.42. The van der Waals surface area contributed by atoms with Crippen LogP contribution in [0.25, 0.3) is 5.70 Å². The Labute approximate surface area is 118 Å². The molecule has 0 radical (unpaired) electrons. The molecule has 2 rings (SSSR count). The van der Waals surface area contributed by atoms with Crippen molar-refractivity contribution in [1.29, 1.82) is 0 Å². The topological polar surface area (TPSA) is 26.0 Å². The second-order valence-electron chi connectivity index (χ2n) is 7.47. The van der Waals surface area contributed by atoms with Gasteiger partial charge in [-0.2, -0.15) is 0 Å². The largest absolute Gasteiger partial charge is 0.399 e. The molecule has 1 aliphatic heterocycles. The van der Waals surface area contributed by atoms with E-state index in [1.165, 1.54) is 23.7 Å². The van der Waals surface area contributed by atoms with Crippen LogP contribution in [-0.2, 0) is 0 Å². The van der Waals surface area contributed by atoms with Crippen molar-refractivity contribution < 1.29 is 0 Å². The second kappa shape index (κ2) is 4.43. The van der Waals surface area contributed by atoms with Crippen molar-refractivity contribution in [1.82, 2.24) is 0 Å². The summed E-state index contributed by atoms with van der Waals surface area (Å²) in [5.74, 6) is 0. The quantitative estimate of drug-likeness (QED) is 0.801. The smallest absolute Gasteiger partial charge is 0.177 e. The Bertz CT molecular complexity index is 498. The number of benzene rings is 1. The summed E-state index contributed by atoms with van der Waals surface area (Å²) in [7, 11) is 0. The molecule has 1 saturated heterocycles. The van der Waals surface area contributed by atoms with Crippen LogP contribution in [0.3, 0.4) is 0 Å². The van der Waals surface area contributed by atoms with Crippen molar-refractivity contribution in [2.75, 3.05) is 0 Å². The molecule has 2 heteroatoms. The number of rotatable bonds is 2. The van der Waals surface area contributed by atoms with Crippen molar-refractivity contribution in [2.45, 2.75) is 47.3 Å². The number of aryl methyl sites for hydroxylation is 1. The lowest BCUT2D eigenvalue weighted by Crippen LogP contribution is -2.28. The van der Waals surface area contributed by atoms with Gasteiger partial charge in [0.2, 0.25) is 0 Å². The van der Waals surface area contributed by atoms with Crippen LogP contribution in [0, 0.1) is 17.8 Å². The minimum atomic E-state index is 0.391. The second-order valence-corrected chi connectivity index (χ2v) is 7.47. The van der Waals surface area contributed by atoms with Gasteiger partial charge < -0.3 is 5.73 Å². The zero-order chi connectivity index (χ0) is 14.4. The molecule has 19 heavy (non-hydrogen) atoms. The first kappa shape index (κ1) is 14.2. The Morgan fingerprint density at radius 2 is 1.68 bits per heavy atom. The SMILES string of the molecule is C=C(N)c1cc(B2CC(C)(C)C(C)(C)C2)ccc1C. The molecule has 0 unspecified atom stereocenters. The average Bonchev–Trinajstić information content (AvgIpc) is 2.48. The Morgan fingerprint density at radius 1 is 1.16 bits per heavy atom. The van der Waals surface area contributed by atoms with Gasteiger partial charge in [-0.25, -0.2) is 0 Å². The highest BCUT2D eigenvalue weighted by Crippen LogP contribution is 2.52. The summed E-state index contributed by atoms with van der Waals surface area (Å²) >= 11 is 0. The predicted octanol–water partition coefficient (Wildman–Crippen LogP) is 3.69. The first-order valence-corrected chi connectivity index (χ1v) is 7.19. The summed E-state index contributed by atoms with van der Waals surface area (Å²) in [6.07, 6.45) is 2.50. The van der Waals surface area contributed by atoms with E-state index in [1.807, 2.05) is 0 Å². The standard InChI is InChI=1S/C17H26BN/c1-12-7-8-14(9-15(12)13(2)19)18-10-16(3,4)17(5,6)11-18/h7-9H,2,10-11,19H2,1,3-6H3. The van der Waals surface area contributed by atoms with E-state index in [2.05, 4.69) is 59.4 Å². The van der Waals surface area contributed by atoms with E-state index in [4.69, 9.17) is 5.73 Å². The summed E-state index contributed by atoms with van der Waals surface area (Å²) in [6, 6.07) is 6.70. The highest BCUT2D eigenvalue weighted by molar-refractivity contribution is 6.74. The lowest BCUT2D eigenvalue weighted by Gasteiger charge is -2.35. The van der Waals surface area contributed by atoms with Gasteiger partial charge in [0.05, 0.1) is 0 Å². The van der Waals surface area contributed by atoms with E-state index in [-0.39, 0.29) is 0 Å². The molecule has 1 aliphatic rings. The van der Waals surface area contributed by atoms with E-state index >= 15 is 0 Å². The van der Waals surface area contributed by atoms with Gasteiger partial charge in [0.25, 0.3) is 0 Å². The van der Waals surface area contributed by atoms with Crippen LogP contribution in [0.1, 0.15) is 38.8 Å². The summed E-state index contributed by atoms with van der Waals surface area (Å²) in [4.78, 5) is 0. The zero-order valence-corrected chi connectivity index (χ0v) is 13.0.